The van der Waals surface area contributed by atoms with E-state index >= 15 is 0 Å². The molecule has 34 heavy (non-hydrogen) atoms. The molecule has 0 saturated heterocycles. The molecule has 2 N–H and O–H groups in total. The van der Waals surface area contributed by atoms with Gasteiger partial charge in [-0.1, -0.05) is 36.0 Å². The second kappa shape index (κ2) is 10.4. The number of anilines is 1. The van der Waals surface area contributed by atoms with Crippen LogP contribution in [0.15, 0.2) is 70.5 Å². The first kappa shape index (κ1) is 23.4. The molecule has 3 aromatic rings. The Balaban J connectivity index is 1.40. The summed E-state index contributed by atoms with van der Waals surface area (Å²) in [4.78, 5) is 26.3. The molecule has 0 fully saturated rings. The van der Waals surface area contributed by atoms with Crippen molar-refractivity contribution in [2.24, 2.45) is 0 Å². The van der Waals surface area contributed by atoms with Crippen LogP contribution in [-0.2, 0) is 11.2 Å². The van der Waals surface area contributed by atoms with E-state index in [9.17, 15) is 14.0 Å². The minimum Gasteiger partial charge on any atom is -0.493 e. The summed E-state index contributed by atoms with van der Waals surface area (Å²) in [6.45, 7) is 0.433. The number of hydrogen-bond donors (Lipinski definition) is 2. The highest BCUT2D eigenvalue weighted by atomic mass is 32.2. The summed E-state index contributed by atoms with van der Waals surface area (Å²) in [7, 11) is 3.16. The Hall–Kier alpha value is -3.78. The number of carbonyl (C=O) groups is 2. The van der Waals surface area contributed by atoms with Gasteiger partial charge >= 0.3 is 0 Å². The fraction of sp³-hybridized carbons (Fsp3) is 0.154. The fourth-order valence-corrected chi connectivity index (χ4v) is 4.42. The molecule has 4 rings (SSSR count). The Morgan fingerprint density at radius 3 is 2.62 bits per heavy atom. The molecule has 0 aromatic heterocycles. The normalized spacial score (nSPS) is 13.7. The van der Waals surface area contributed by atoms with Crippen molar-refractivity contribution < 1.29 is 23.5 Å². The molecule has 1 aliphatic heterocycles. The maximum Gasteiger partial charge on any atom is 0.262 e. The van der Waals surface area contributed by atoms with E-state index in [0.717, 1.165) is 10.5 Å². The van der Waals surface area contributed by atoms with Crippen LogP contribution in [0.2, 0.25) is 0 Å². The van der Waals surface area contributed by atoms with Crippen molar-refractivity contribution >= 4 is 35.3 Å². The topological polar surface area (TPSA) is 76.7 Å². The number of nitrogens with one attached hydrogen (secondary N) is 2. The summed E-state index contributed by atoms with van der Waals surface area (Å²) in [6, 6.07) is 17.0. The van der Waals surface area contributed by atoms with E-state index in [1.165, 1.54) is 23.9 Å². The van der Waals surface area contributed by atoms with Crippen LogP contribution in [0.4, 0.5) is 10.1 Å². The second-order valence-corrected chi connectivity index (χ2v) is 8.58. The summed E-state index contributed by atoms with van der Waals surface area (Å²) < 4.78 is 24.5. The third-order valence-electron chi connectivity index (χ3n) is 5.27. The highest BCUT2D eigenvalue weighted by molar-refractivity contribution is 8.04. The molecule has 0 saturated carbocycles. The van der Waals surface area contributed by atoms with Crippen LogP contribution in [0.25, 0.3) is 6.08 Å². The number of halogens is 1. The number of methoxy groups -OCH3 is 2. The largest absolute Gasteiger partial charge is 0.493 e. The van der Waals surface area contributed by atoms with Crippen LogP contribution in [0.1, 0.15) is 21.5 Å². The highest BCUT2D eigenvalue weighted by Crippen LogP contribution is 2.39. The predicted molar refractivity (Wildman–Crippen MR) is 131 cm³/mol. The number of benzene rings is 3. The Morgan fingerprint density at radius 2 is 1.85 bits per heavy atom. The standard InChI is InChI=1S/C26H23FN2O4S/c1-32-21-9-7-16(13-22(21)33-2)11-12-28-25(30)18-8-10-23-20(14-18)29-26(31)24(34-23)15-17-5-3-4-6-19(17)27/h3-10,13-15H,11-12H2,1-2H3,(H,28,30)(H,29,31). The van der Waals surface area contributed by atoms with Crippen LogP contribution >= 0.6 is 11.8 Å². The maximum absolute atomic E-state index is 13.9. The van der Waals surface area contributed by atoms with Gasteiger partial charge in [-0.15, -0.1) is 0 Å². The molecule has 6 nitrogen and oxygen atoms in total. The second-order valence-electron chi connectivity index (χ2n) is 7.49. The van der Waals surface area contributed by atoms with Gasteiger partial charge in [0.25, 0.3) is 11.8 Å². The maximum atomic E-state index is 13.9. The molecule has 1 heterocycles. The fourth-order valence-electron chi connectivity index (χ4n) is 3.49. The van der Waals surface area contributed by atoms with Gasteiger partial charge in [-0.3, -0.25) is 9.59 Å². The Kier molecular flexibility index (Phi) is 7.18. The average molecular weight is 479 g/mol. The Morgan fingerprint density at radius 1 is 1.06 bits per heavy atom. The molecule has 174 valence electrons. The lowest BCUT2D eigenvalue weighted by molar-refractivity contribution is -0.112. The summed E-state index contributed by atoms with van der Waals surface area (Å²) >= 11 is 1.24. The molecule has 0 aliphatic carbocycles. The van der Waals surface area contributed by atoms with Crippen molar-refractivity contribution in [3.63, 3.8) is 0 Å². The lowest BCUT2D eigenvalue weighted by atomic mass is 10.1. The van der Waals surface area contributed by atoms with E-state index in [1.54, 1.807) is 50.6 Å². The van der Waals surface area contributed by atoms with Gasteiger partial charge in [0.2, 0.25) is 0 Å². The van der Waals surface area contributed by atoms with Crippen LogP contribution < -0.4 is 20.1 Å². The average Bonchev–Trinajstić information content (AvgIpc) is 2.85. The molecular formula is C26H23FN2O4S. The smallest absolute Gasteiger partial charge is 0.262 e. The van der Waals surface area contributed by atoms with E-state index in [1.807, 2.05) is 18.2 Å². The zero-order valence-electron chi connectivity index (χ0n) is 18.7. The zero-order chi connectivity index (χ0) is 24.1. The summed E-state index contributed by atoms with van der Waals surface area (Å²) in [5, 5.41) is 5.69. The molecule has 0 spiro atoms. The minimum absolute atomic E-state index is 0.241. The lowest BCUT2D eigenvalue weighted by Crippen LogP contribution is -2.26. The van der Waals surface area contributed by atoms with E-state index in [0.29, 0.717) is 46.2 Å². The van der Waals surface area contributed by atoms with Gasteiger partial charge in [-0.2, -0.15) is 0 Å². The van der Waals surface area contributed by atoms with Crippen LogP contribution in [-0.4, -0.2) is 32.6 Å². The van der Waals surface area contributed by atoms with Crippen LogP contribution in [0, 0.1) is 5.82 Å². The summed E-state index contributed by atoms with van der Waals surface area (Å²) in [6.07, 6.45) is 2.14. The van der Waals surface area contributed by atoms with Crippen molar-refractivity contribution in [1.29, 1.82) is 0 Å². The first-order chi connectivity index (χ1) is 16.5. The number of amides is 2. The molecule has 0 bridgehead atoms. The molecule has 1 aliphatic rings. The number of hydrogen-bond acceptors (Lipinski definition) is 5. The molecule has 2 amide bonds. The summed E-state index contributed by atoms with van der Waals surface area (Å²) in [5.41, 5.74) is 2.33. The van der Waals surface area contributed by atoms with Crippen LogP contribution in [0.3, 0.4) is 0 Å². The van der Waals surface area contributed by atoms with Crippen molar-refractivity contribution in [3.05, 3.63) is 88.1 Å². The number of rotatable bonds is 7. The predicted octanol–water partition coefficient (Wildman–Crippen LogP) is 4.90. The van der Waals surface area contributed by atoms with Crippen molar-refractivity contribution in [1.82, 2.24) is 5.32 Å². The molecule has 0 unspecified atom stereocenters. The Bertz CT molecular complexity index is 1280. The van der Waals surface area contributed by atoms with Gasteiger partial charge in [-0.05, 0) is 54.5 Å². The highest BCUT2D eigenvalue weighted by Gasteiger charge is 2.22. The van der Waals surface area contributed by atoms with E-state index < -0.39 is 5.82 Å². The van der Waals surface area contributed by atoms with E-state index in [-0.39, 0.29) is 11.8 Å². The van der Waals surface area contributed by atoms with Gasteiger partial charge in [0.05, 0.1) is 24.8 Å². The number of ether oxygens (including phenoxy) is 2. The van der Waals surface area contributed by atoms with Gasteiger partial charge in [0.15, 0.2) is 11.5 Å². The van der Waals surface area contributed by atoms with E-state index in [2.05, 4.69) is 10.6 Å². The van der Waals surface area contributed by atoms with Gasteiger partial charge in [0, 0.05) is 22.6 Å². The van der Waals surface area contributed by atoms with Gasteiger partial charge < -0.3 is 20.1 Å². The molecule has 0 radical (unpaired) electrons. The first-order valence-electron chi connectivity index (χ1n) is 10.6. The van der Waals surface area contributed by atoms with Crippen molar-refractivity contribution in [3.8, 4) is 11.5 Å². The lowest BCUT2D eigenvalue weighted by Gasteiger charge is -2.19. The first-order valence-corrected chi connectivity index (χ1v) is 11.4. The third-order valence-corrected chi connectivity index (χ3v) is 6.37. The monoisotopic (exact) mass is 478 g/mol. The molecule has 8 heteroatoms. The Labute approximate surface area is 201 Å². The number of thioether (sulfide) groups is 1. The van der Waals surface area contributed by atoms with Crippen molar-refractivity contribution in [2.45, 2.75) is 11.3 Å². The van der Waals surface area contributed by atoms with Crippen molar-refractivity contribution in [2.75, 3.05) is 26.1 Å². The van der Waals surface area contributed by atoms with E-state index in [4.69, 9.17) is 9.47 Å². The number of carbonyl (C=O) groups excluding carboxylic acids is 2. The molecule has 0 atom stereocenters. The molecule has 3 aromatic carbocycles. The van der Waals surface area contributed by atoms with Crippen LogP contribution in [0.5, 0.6) is 11.5 Å². The SMILES string of the molecule is COc1ccc(CCNC(=O)c2ccc3c(c2)NC(=O)C(=Cc2ccccc2F)S3)cc1OC. The number of fused-ring (bicyclic) bond motifs is 1. The van der Waals surface area contributed by atoms with Gasteiger partial charge in [0.1, 0.15) is 5.82 Å². The quantitative estimate of drug-likeness (QED) is 0.473. The zero-order valence-corrected chi connectivity index (χ0v) is 19.5. The van der Waals surface area contributed by atoms with Gasteiger partial charge in [-0.25, -0.2) is 4.39 Å². The molecular weight excluding hydrogens is 455 g/mol. The summed E-state index contributed by atoms with van der Waals surface area (Å²) in [5.74, 6) is 0.310. The third kappa shape index (κ3) is 5.23. The minimum atomic E-state index is -0.394.